The van der Waals surface area contributed by atoms with Crippen LogP contribution < -0.4 is 5.43 Å². The highest BCUT2D eigenvalue weighted by molar-refractivity contribution is 8.06. The number of carbonyl (C=O) groups is 1. The topological polar surface area (TPSA) is 154 Å². The van der Waals surface area contributed by atoms with Crippen molar-refractivity contribution in [3.63, 3.8) is 0 Å². The lowest BCUT2D eigenvalue weighted by Gasteiger charge is -2.46. The molecule has 0 unspecified atom stereocenters. The van der Waals surface area contributed by atoms with E-state index < -0.39 is 54.8 Å². The van der Waals surface area contributed by atoms with Gasteiger partial charge in [-0.3, -0.25) is 10.2 Å². The third-order valence-electron chi connectivity index (χ3n) is 8.70. The number of sulfonamides is 1. The van der Waals surface area contributed by atoms with Crippen LogP contribution in [0.25, 0.3) is 11.8 Å². The Morgan fingerprint density at radius 3 is 2.63 bits per heavy atom. The van der Waals surface area contributed by atoms with Crippen molar-refractivity contribution in [2.24, 2.45) is 10.5 Å². The number of carbonyl (C=O) groups excluding carboxylic acids is 1. The summed E-state index contributed by atoms with van der Waals surface area (Å²) in [4.78, 5) is 17.2. The average molecular weight is 680 g/mol. The third-order valence-corrected chi connectivity index (χ3v) is 11.4. The summed E-state index contributed by atoms with van der Waals surface area (Å²) in [6, 6.07) is 4.74. The summed E-state index contributed by atoms with van der Waals surface area (Å²) in [7, 11) is -3.07. The molecule has 11 nitrogen and oxygen atoms in total. The molecular weight excluding hydrogens is 650 g/mol. The van der Waals surface area contributed by atoms with E-state index in [0.29, 0.717) is 41.6 Å². The van der Waals surface area contributed by atoms with Crippen molar-refractivity contribution in [3.8, 4) is 5.69 Å². The zero-order valence-corrected chi connectivity index (χ0v) is 26.0. The molecule has 0 spiro atoms. The third kappa shape index (κ3) is 5.80. The fourth-order valence-electron chi connectivity index (χ4n) is 6.15. The summed E-state index contributed by atoms with van der Waals surface area (Å²) in [5.74, 6) is -1.12. The standard InChI is InChI=1S/C29H29F4N7O4S2/c1-35-37-15-24(34)46(43,44)39(16-27(42)8-9-27)21-5-2-18-10-22-17(13-38-40(22)20-6-3-19(30)4-7-20)11-28(18,12-21)25(41)26-36-14-23(45-26)29(31,32)33/h3-4,6-7,10,13-15,21,34-35,42H,2,5,8-9,11-12,16H2,1H3/b34-24?,37-15-/t21-,28-/m0/s1. The molecule has 46 heavy (non-hydrogen) atoms. The number of ketones is 1. The number of hydrogen-bond acceptors (Lipinski definition) is 10. The number of nitrogens with zero attached hydrogens (tertiary/aromatic N) is 5. The number of nitrogens with one attached hydrogen (secondary N) is 2. The number of benzene rings is 1. The average Bonchev–Trinajstić information content (AvgIpc) is 3.37. The molecule has 2 saturated carbocycles. The number of rotatable bonds is 9. The molecule has 2 aromatic heterocycles. The van der Waals surface area contributed by atoms with Gasteiger partial charge < -0.3 is 10.5 Å². The molecule has 6 rings (SSSR count). The second kappa shape index (κ2) is 11.5. The minimum absolute atomic E-state index is 0.0115. The first-order chi connectivity index (χ1) is 21.7. The van der Waals surface area contributed by atoms with Crippen molar-refractivity contribution in [2.75, 3.05) is 13.6 Å². The maximum absolute atomic E-state index is 14.4. The Hall–Kier alpha value is -3.80. The van der Waals surface area contributed by atoms with Crippen LogP contribution in [0.3, 0.4) is 0 Å². The smallest absolute Gasteiger partial charge is 0.389 e. The van der Waals surface area contributed by atoms with Crippen LogP contribution in [0.2, 0.25) is 0 Å². The van der Waals surface area contributed by atoms with Crippen molar-refractivity contribution in [3.05, 3.63) is 69.2 Å². The lowest BCUT2D eigenvalue weighted by atomic mass is 9.61. The van der Waals surface area contributed by atoms with Gasteiger partial charge in [0.15, 0.2) is 10.1 Å². The molecule has 0 amide bonds. The molecular formula is C29H29F4N7O4S2. The molecule has 3 N–H and O–H groups in total. The lowest BCUT2D eigenvalue weighted by molar-refractivity contribution is -0.134. The fraction of sp³-hybridized carbons (Fsp3) is 0.414. The highest BCUT2D eigenvalue weighted by Gasteiger charge is 2.54. The lowest BCUT2D eigenvalue weighted by Crippen LogP contribution is -2.53. The Morgan fingerprint density at radius 1 is 1.28 bits per heavy atom. The van der Waals surface area contributed by atoms with Gasteiger partial charge in [0.25, 0.3) is 10.0 Å². The molecule has 0 saturated heterocycles. The van der Waals surface area contributed by atoms with Crippen LogP contribution in [-0.2, 0) is 22.6 Å². The second-order valence-electron chi connectivity index (χ2n) is 11.7. The number of fused-ring (bicyclic) bond motifs is 2. The van der Waals surface area contributed by atoms with Crippen LogP contribution in [0.4, 0.5) is 17.6 Å². The van der Waals surface area contributed by atoms with E-state index >= 15 is 0 Å². The van der Waals surface area contributed by atoms with Gasteiger partial charge in [-0.05, 0) is 74.4 Å². The molecule has 3 aromatic rings. The molecule has 0 bridgehead atoms. The van der Waals surface area contributed by atoms with Gasteiger partial charge in [-0.15, -0.1) is 11.3 Å². The van der Waals surface area contributed by atoms with Gasteiger partial charge in [-0.1, -0.05) is 5.57 Å². The minimum Gasteiger partial charge on any atom is -0.389 e. The highest BCUT2D eigenvalue weighted by Crippen LogP contribution is 2.52. The summed E-state index contributed by atoms with van der Waals surface area (Å²) in [6.07, 6.45) is 0.956. The SMILES string of the molecule is CN/N=C\C(=N)S(=O)(=O)N(CC1(O)CC1)[C@H]1CCC2=Cc3c(cnn3-c3ccc(F)cc3)C[C@]2(C(=O)c2ncc(C(F)(F)F)s2)C1. The molecule has 17 heteroatoms. The quantitative estimate of drug-likeness (QED) is 0.101. The van der Waals surface area contributed by atoms with Crippen molar-refractivity contribution in [2.45, 2.75) is 56.3 Å². The van der Waals surface area contributed by atoms with Crippen LogP contribution in [0, 0.1) is 16.6 Å². The molecule has 2 fully saturated rings. The van der Waals surface area contributed by atoms with Gasteiger partial charge in [-0.2, -0.15) is 27.7 Å². The van der Waals surface area contributed by atoms with Gasteiger partial charge in [0.05, 0.1) is 41.0 Å². The summed E-state index contributed by atoms with van der Waals surface area (Å²) < 4.78 is 84.3. The number of thiazole rings is 1. The number of allylic oxidation sites excluding steroid dienone is 1. The Kier molecular flexibility index (Phi) is 8.02. The summed E-state index contributed by atoms with van der Waals surface area (Å²) in [5.41, 5.74) is 1.93. The molecule has 3 aliphatic rings. The maximum atomic E-state index is 14.4. The molecule has 244 valence electrons. The van der Waals surface area contributed by atoms with Crippen LogP contribution in [0.15, 0.2) is 47.3 Å². The molecule has 3 aliphatic carbocycles. The van der Waals surface area contributed by atoms with E-state index in [9.17, 15) is 35.9 Å². The number of aliphatic hydroxyl groups is 1. The number of hydrogen-bond donors (Lipinski definition) is 3. The number of halogens is 4. The first-order valence-corrected chi connectivity index (χ1v) is 16.6. The molecule has 2 atom stereocenters. The van der Waals surface area contributed by atoms with E-state index in [1.54, 1.807) is 10.8 Å². The van der Waals surface area contributed by atoms with E-state index in [0.717, 1.165) is 10.5 Å². The normalized spacial score (nSPS) is 22.3. The van der Waals surface area contributed by atoms with Gasteiger partial charge in [0.1, 0.15) is 10.7 Å². The Balaban J connectivity index is 1.44. The fourth-order valence-corrected chi connectivity index (χ4v) is 8.40. The van der Waals surface area contributed by atoms with Crippen LogP contribution in [0.5, 0.6) is 0 Å². The number of aromatic nitrogens is 3. The van der Waals surface area contributed by atoms with E-state index in [4.69, 9.17) is 5.41 Å². The van der Waals surface area contributed by atoms with E-state index in [1.807, 2.05) is 0 Å². The van der Waals surface area contributed by atoms with E-state index in [2.05, 4.69) is 20.6 Å². The van der Waals surface area contributed by atoms with Gasteiger partial charge >= 0.3 is 6.18 Å². The van der Waals surface area contributed by atoms with Crippen molar-refractivity contribution < 1.29 is 35.9 Å². The molecule has 0 radical (unpaired) electrons. The Labute approximate surface area is 265 Å². The minimum atomic E-state index is -4.71. The summed E-state index contributed by atoms with van der Waals surface area (Å²) in [5, 5.41) is 26.0. The van der Waals surface area contributed by atoms with Crippen molar-refractivity contribution in [1.82, 2.24) is 24.5 Å². The van der Waals surface area contributed by atoms with Crippen LogP contribution >= 0.6 is 11.3 Å². The number of Topliss-reactive ketones (excluding diaryl/α,β-unsaturated/α-hetero) is 1. The first-order valence-electron chi connectivity index (χ1n) is 14.3. The summed E-state index contributed by atoms with van der Waals surface area (Å²) in [6.45, 7) is -0.317. The first kappa shape index (κ1) is 32.2. The van der Waals surface area contributed by atoms with Gasteiger partial charge in [0.2, 0.25) is 5.78 Å². The summed E-state index contributed by atoms with van der Waals surface area (Å²) >= 11 is 0.226. The predicted molar refractivity (Wildman–Crippen MR) is 162 cm³/mol. The molecule has 0 aliphatic heterocycles. The van der Waals surface area contributed by atoms with E-state index in [-0.39, 0.29) is 48.6 Å². The van der Waals surface area contributed by atoms with Gasteiger partial charge in [-0.25, -0.2) is 22.5 Å². The Bertz CT molecular complexity index is 1860. The zero-order chi connectivity index (χ0) is 33.1. The largest absolute Gasteiger partial charge is 0.427 e. The second-order valence-corrected chi connectivity index (χ2v) is 14.6. The number of alkyl halides is 3. The van der Waals surface area contributed by atoms with Crippen molar-refractivity contribution >= 4 is 44.5 Å². The Morgan fingerprint density at radius 2 is 2.00 bits per heavy atom. The predicted octanol–water partition coefficient (Wildman–Crippen LogP) is 4.19. The maximum Gasteiger partial charge on any atom is 0.427 e. The number of hydrazone groups is 1. The van der Waals surface area contributed by atoms with Crippen LogP contribution in [0.1, 0.15) is 58.0 Å². The zero-order valence-electron chi connectivity index (χ0n) is 24.4. The highest BCUT2D eigenvalue weighted by atomic mass is 32.2. The molecule has 2 heterocycles. The van der Waals surface area contributed by atoms with E-state index in [1.165, 1.54) is 37.5 Å². The van der Waals surface area contributed by atoms with Crippen molar-refractivity contribution in [1.29, 1.82) is 5.41 Å². The van der Waals surface area contributed by atoms with Crippen LogP contribution in [-0.4, -0.2) is 74.9 Å². The monoisotopic (exact) mass is 679 g/mol. The van der Waals surface area contributed by atoms with Gasteiger partial charge in [0, 0.05) is 19.6 Å². The molecule has 1 aromatic carbocycles.